The van der Waals surface area contributed by atoms with Crippen molar-refractivity contribution < 1.29 is 0 Å². The van der Waals surface area contributed by atoms with Crippen LogP contribution in [0.25, 0.3) is 28.0 Å². The van der Waals surface area contributed by atoms with Crippen LogP contribution in [0.3, 0.4) is 0 Å². The standard InChI is InChI=1S/C19H15Cl2N5S/c1-10-4-3-5-11(8-10)16-15-17(22)26(14-9-12(20)6-7-13(14)21)25-18(15)24-19(23-16)27-2/h3-9H,22H2,1-2H3. The van der Waals surface area contributed by atoms with Crippen LogP contribution in [0.1, 0.15) is 5.56 Å². The fourth-order valence-corrected chi connectivity index (χ4v) is 3.64. The minimum Gasteiger partial charge on any atom is -0.383 e. The summed E-state index contributed by atoms with van der Waals surface area (Å²) in [5.41, 5.74) is 10.4. The van der Waals surface area contributed by atoms with Crippen molar-refractivity contribution in [1.29, 1.82) is 0 Å². The number of fused-ring (bicyclic) bond motifs is 1. The van der Waals surface area contributed by atoms with Crippen molar-refractivity contribution >= 4 is 51.8 Å². The van der Waals surface area contributed by atoms with Crippen molar-refractivity contribution in [2.24, 2.45) is 0 Å². The molecule has 0 atom stereocenters. The van der Waals surface area contributed by atoms with Gasteiger partial charge in [0.2, 0.25) is 0 Å². The smallest absolute Gasteiger partial charge is 0.190 e. The summed E-state index contributed by atoms with van der Waals surface area (Å²) in [6.45, 7) is 2.04. The number of anilines is 1. The van der Waals surface area contributed by atoms with E-state index in [-0.39, 0.29) is 0 Å². The molecule has 0 saturated heterocycles. The normalized spacial score (nSPS) is 11.3. The van der Waals surface area contributed by atoms with Crippen LogP contribution in [0.15, 0.2) is 47.6 Å². The van der Waals surface area contributed by atoms with Crippen LogP contribution >= 0.6 is 35.0 Å². The third-order valence-electron chi connectivity index (χ3n) is 4.16. The number of aromatic nitrogens is 4. The fourth-order valence-electron chi connectivity index (χ4n) is 2.92. The maximum atomic E-state index is 6.47. The van der Waals surface area contributed by atoms with Crippen LogP contribution in [0.5, 0.6) is 0 Å². The first kappa shape index (κ1) is 18.1. The summed E-state index contributed by atoms with van der Waals surface area (Å²) in [6.07, 6.45) is 1.93. The second kappa shape index (κ2) is 7.03. The van der Waals surface area contributed by atoms with E-state index in [1.165, 1.54) is 11.8 Å². The Bertz CT molecular complexity index is 1170. The Morgan fingerprint density at radius 3 is 2.63 bits per heavy atom. The molecule has 5 nitrogen and oxygen atoms in total. The van der Waals surface area contributed by atoms with Gasteiger partial charge in [-0.3, -0.25) is 0 Å². The third kappa shape index (κ3) is 3.25. The van der Waals surface area contributed by atoms with Crippen molar-refractivity contribution in [3.8, 4) is 16.9 Å². The van der Waals surface area contributed by atoms with E-state index in [1.807, 2.05) is 31.4 Å². The molecule has 2 aromatic carbocycles. The number of hydrogen-bond acceptors (Lipinski definition) is 5. The molecule has 0 amide bonds. The maximum Gasteiger partial charge on any atom is 0.190 e. The predicted octanol–water partition coefficient (Wildman–Crippen LogP) is 5.40. The Balaban J connectivity index is 2.05. The van der Waals surface area contributed by atoms with Crippen molar-refractivity contribution in [3.05, 3.63) is 58.1 Å². The van der Waals surface area contributed by atoms with Gasteiger partial charge in [-0.25, -0.2) is 14.6 Å². The van der Waals surface area contributed by atoms with Gasteiger partial charge in [-0.2, -0.15) is 0 Å². The Kier molecular flexibility index (Phi) is 4.72. The highest BCUT2D eigenvalue weighted by atomic mass is 35.5. The van der Waals surface area contributed by atoms with E-state index in [0.29, 0.717) is 37.7 Å². The van der Waals surface area contributed by atoms with Gasteiger partial charge in [0, 0.05) is 10.6 Å². The van der Waals surface area contributed by atoms with Crippen LogP contribution in [-0.2, 0) is 0 Å². The number of nitrogen functional groups attached to an aromatic ring is 1. The lowest BCUT2D eigenvalue weighted by atomic mass is 10.1. The molecule has 0 radical (unpaired) electrons. The lowest BCUT2D eigenvalue weighted by molar-refractivity contribution is 0.890. The molecule has 4 aromatic rings. The molecule has 0 fully saturated rings. The minimum absolute atomic E-state index is 0.415. The Hall–Kier alpha value is -2.28. The number of thioether (sulfide) groups is 1. The molecule has 0 unspecified atom stereocenters. The summed E-state index contributed by atoms with van der Waals surface area (Å²) in [5, 5.41) is 6.94. The lowest BCUT2D eigenvalue weighted by Crippen LogP contribution is -2.02. The van der Waals surface area contributed by atoms with Crippen molar-refractivity contribution in [2.45, 2.75) is 12.1 Å². The highest BCUT2D eigenvalue weighted by molar-refractivity contribution is 7.98. The van der Waals surface area contributed by atoms with E-state index in [9.17, 15) is 0 Å². The fraction of sp³-hybridized carbons (Fsp3) is 0.105. The molecule has 0 aliphatic heterocycles. The molecule has 2 aromatic heterocycles. The van der Waals surface area contributed by atoms with Gasteiger partial charge in [-0.05, 0) is 37.4 Å². The second-order valence-electron chi connectivity index (χ2n) is 6.02. The molecule has 0 bridgehead atoms. The van der Waals surface area contributed by atoms with Gasteiger partial charge in [-0.15, -0.1) is 5.10 Å². The summed E-state index contributed by atoms with van der Waals surface area (Å²) in [5.74, 6) is 0.415. The first-order valence-electron chi connectivity index (χ1n) is 8.10. The third-order valence-corrected chi connectivity index (χ3v) is 5.26. The molecule has 4 rings (SSSR count). The number of aryl methyl sites for hydroxylation is 1. The van der Waals surface area contributed by atoms with Gasteiger partial charge in [0.05, 0.1) is 21.8 Å². The first-order chi connectivity index (χ1) is 13.0. The van der Waals surface area contributed by atoms with Gasteiger partial charge < -0.3 is 5.73 Å². The monoisotopic (exact) mass is 415 g/mol. The van der Waals surface area contributed by atoms with E-state index in [1.54, 1.807) is 22.9 Å². The average molecular weight is 416 g/mol. The maximum absolute atomic E-state index is 6.47. The second-order valence-corrected chi connectivity index (χ2v) is 7.64. The van der Waals surface area contributed by atoms with Gasteiger partial charge >= 0.3 is 0 Å². The number of rotatable bonds is 3. The Morgan fingerprint density at radius 1 is 1.07 bits per heavy atom. The van der Waals surface area contributed by atoms with E-state index >= 15 is 0 Å². The number of nitrogens with two attached hydrogens (primary N) is 1. The number of hydrogen-bond donors (Lipinski definition) is 1. The van der Waals surface area contributed by atoms with Crippen LogP contribution in [0.2, 0.25) is 10.0 Å². The summed E-state index contributed by atoms with van der Waals surface area (Å²) in [6, 6.07) is 13.3. The van der Waals surface area contributed by atoms with Crippen LogP contribution in [-0.4, -0.2) is 26.0 Å². The predicted molar refractivity (Wildman–Crippen MR) is 113 cm³/mol. The molecular weight excluding hydrogens is 401 g/mol. The Labute approximate surface area is 170 Å². The quantitative estimate of drug-likeness (QED) is 0.358. The molecule has 0 aliphatic carbocycles. The summed E-state index contributed by atoms with van der Waals surface area (Å²) in [4.78, 5) is 9.22. The summed E-state index contributed by atoms with van der Waals surface area (Å²) >= 11 is 13.9. The van der Waals surface area contributed by atoms with E-state index < -0.39 is 0 Å². The van der Waals surface area contributed by atoms with Gasteiger partial charge in [0.15, 0.2) is 10.8 Å². The minimum atomic E-state index is 0.415. The van der Waals surface area contributed by atoms with E-state index in [4.69, 9.17) is 33.9 Å². The molecule has 0 saturated carbocycles. The van der Waals surface area contributed by atoms with Gasteiger partial charge in [0.25, 0.3) is 0 Å². The van der Waals surface area contributed by atoms with E-state index in [0.717, 1.165) is 16.8 Å². The van der Waals surface area contributed by atoms with Crippen LogP contribution < -0.4 is 5.73 Å². The highest BCUT2D eigenvalue weighted by Gasteiger charge is 2.20. The summed E-state index contributed by atoms with van der Waals surface area (Å²) < 4.78 is 1.57. The average Bonchev–Trinajstić information content (AvgIpc) is 2.99. The molecule has 2 heterocycles. The SMILES string of the molecule is CSc1nc(-c2cccc(C)c2)c2c(N)n(-c3cc(Cl)ccc3Cl)nc2n1. The van der Waals surface area contributed by atoms with Gasteiger partial charge in [-0.1, -0.05) is 58.7 Å². The van der Waals surface area contributed by atoms with Crippen molar-refractivity contribution in [3.63, 3.8) is 0 Å². The zero-order valence-corrected chi connectivity index (χ0v) is 16.9. The highest BCUT2D eigenvalue weighted by Crippen LogP contribution is 2.35. The topological polar surface area (TPSA) is 69.6 Å². The lowest BCUT2D eigenvalue weighted by Gasteiger charge is -2.08. The number of halogens is 2. The molecular formula is C19H15Cl2N5S. The van der Waals surface area contributed by atoms with Crippen LogP contribution in [0.4, 0.5) is 5.82 Å². The zero-order valence-electron chi connectivity index (χ0n) is 14.6. The number of benzene rings is 2. The van der Waals surface area contributed by atoms with Crippen molar-refractivity contribution in [1.82, 2.24) is 19.7 Å². The molecule has 136 valence electrons. The molecule has 0 aliphatic rings. The van der Waals surface area contributed by atoms with Crippen LogP contribution in [0, 0.1) is 6.92 Å². The number of nitrogens with zero attached hydrogens (tertiary/aromatic N) is 4. The Morgan fingerprint density at radius 2 is 1.89 bits per heavy atom. The molecule has 27 heavy (non-hydrogen) atoms. The molecule has 8 heteroatoms. The van der Waals surface area contributed by atoms with Gasteiger partial charge in [0.1, 0.15) is 5.82 Å². The van der Waals surface area contributed by atoms with E-state index in [2.05, 4.69) is 16.1 Å². The first-order valence-corrected chi connectivity index (χ1v) is 10.1. The molecule has 0 spiro atoms. The zero-order chi connectivity index (χ0) is 19.1. The largest absolute Gasteiger partial charge is 0.383 e. The van der Waals surface area contributed by atoms with Crippen molar-refractivity contribution in [2.75, 3.05) is 12.0 Å². The summed E-state index contributed by atoms with van der Waals surface area (Å²) in [7, 11) is 0. The molecule has 2 N–H and O–H groups in total.